The molecule has 0 amide bonds. The SMILES string of the molecule is Cc1ccc(Br)cc1C(=O)Cc1ccc(F)cc1. The molecular formula is C15H12BrFO. The quantitative estimate of drug-likeness (QED) is 0.772. The largest absolute Gasteiger partial charge is 0.294 e. The topological polar surface area (TPSA) is 17.1 Å². The Morgan fingerprint density at radius 3 is 2.50 bits per heavy atom. The molecule has 2 rings (SSSR count). The van der Waals surface area contributed by atoms with Gasteiger partial charge >= 0.3 is 0 Å². The van der Waals surface area contributed by atoms with Crippen molar-refractivity contribution in [2.45, 2.75) is 13.3 Å². The normalized spacial score (nSPS) is 10.4. The van der Waals surface area contributed by atoms with Gasteiger partial charge in [0.15, 0.2) is 5.78 Å². The second kappa shape index (κ2) is 5.44. The first kappa shape index (κ1) is 13.0. The van der Waals surface area contributed by atoms with Crippen LogP contribution >= 0.6 is 15.9 Å². The van der Waals surface area contributed by atoms with Crippen LogP contribution < -0.4 is 0 Å². The summed E-state index contributed by atoms with van der Waals surface area (Å²) >= 11 is 3.36. The molecule has 0 fully saturated rings. The average molecular weight is 307 g/mol. The van der Waals surface area contributed by atoms with Crippen LogP contribution in [0.4, 0.5) is 4.39 Å². The van der Waals surface area contributed by atoms with Crippen molar-refractivity contribution in [3.63, 3.8) is 0 Å². The van der Waals surface area contributed by atoms with Crippen LogP contribution in [0.3, 0.4) is 0 Å². The minimum atomic E-state index is -0.287. The zero-order chi connectivity index (χ0) is 13.1. The number of carbonyl (C=O) groups is 1. The van der Waals surface area contributed by atoms with Crippen LogP contribution in [0.1, 0.15) is 21.5 Å². The van der Waals surface area contributed by atoms with E-state index in [2.05, 4.69) is 15.9 Å². The van der Waals surface area contributed by atoms with E-state index >= 15 is 0 Å². The number of ketones is 1. The molecule has 0 aliphatic rings. The second-order valence-corrected chi connectivity index (χ2v) is 5.10. The number of halogens is 2. The Bertz CT molecular complexity index is 576. The monoisotopic (exact) mass is 306 g/mol. The minimum Gasteiger partial charge on any atom is -0.294 e. The number of hydrogen-bond acceptors (Lipinski definition) is 1. The number of benzene rings is 2. The molecule has 92 valence electrons. The first-order valence-corrected chi connectivity index (χ1v) is 6.39. The summed E-state index contributed by atoms with van der Waals surface area (Å²) in [7, 11) is 0. The fourth-order valence-corrected chi connectivity index (χ4v) is 2.14. The molecule has 1 nitrogen and oxygen atoms in total. The molecule has 0 N–H and O–H groups in total. The van der Waals surface area contributed by atoms with Crippen LogP contribution in [0, 0.1) is 12.7 Å². The predicted octanol–water partition coefficient (Wildman–Crippen LogP) is 4.32. The van der Waals surface area contributed by atoms with Crippen molar-refractivity contribution in [2.24, 2.45) is 0 Å². The number of rotatable bonds is 3. The molecule has 2 aromatic rings. The molecule has 0 unspecified atom stereocenters. The number of carbonyl (C=O) groups excluding carboxylic acids is 1. The summed E-state index contributed by atoms with van der Waals surface area (Å²) in [6.07, 6.45) is 0.289. The number of hydrogen-bond donors (Lipinski definition) is 0. The lowest BCUT2D eigenvalue weighted by atomic mass is 9.99. The van der Waals surface area contributed by atoms with E-state index in [1.54, 1.807) is 12.1 Å². The highest BCUT2D eigenvalue weighted by molar-refractivity contribution is 9.10. The predicted molar refractivity (Wildman–Crippen MR) is 73.3 cm³/mol. The van der Waals surface area contributed by atoms with Gasteiger partial charge in [0.25, 0.3) is 0 Å². The molecule has 0 heterocycles. The molecule has 0 spiro atoms. The third-order valence-corrected chi connectivity index (χ3v) is 3.27. The molecule has 0 atom stereocenters. The van der Waals surface area contributed by atoms with Gasteiger partial charge in [-0.2, -0.15) is 0 Å². The summed E-state index contributed by atoms with van der Waals surface area (Å²) in [5.74, 6) is -0.245. The standard InChI is InChI=1S/C15H12BrFO/c1-10-2-5-12(16)9-14(10)15(18)8-11-3-6-13(17)7-4-11/h2-7,9H,8H2,1H3. The van der Waals surface area contributed by atoms with Gasteiger partial charge in [0, 0.05) is 16.5 Å². The summed E-state index contributed by atoms with van der Waals surface area (Å²) in [5.41, 5.74) is 2.47. The zero-order valence-corrected chi connectivity index (χ0v) is 11.5. The maximum Gasteiger partial charge on any atom is 0.167 e. The van der Waals surface area contributed by atoms with E-state index < -0.39 is 0 Å². The second-order valence-electron chi connectivity index (χ2n) is 4.19. The van der Waals surface area contributed by atoms with Gasteiger partial charge in [0.05, 0.1) is 0 Å². The molecule has 0 saturated heterocycles. The zero-order valence-electron chi connectivity index (χ0n) is 9.91. The van der Waals surface area contributed by atoms with Gasteiger partial charge in [-0.15, -0.1) is 0 Å². The van der Waals surface area contributed by atoms with Crippen molar-refractivity contribution < 1.29 is 9.18 Å². The molecule has 0 aliphatic heterocycles. The molecule has 18 heavy (non-hydrogen) atoms. The van der Waals surface area contributed by atoms with Crippen molar-refractivity contribution in [1.29, 1.82) is 0 Å². The molecule has 0 radical (unpaired) electrons. The third kappa shape index (κ3) is 3.05. The summed E-state index contributed by atoms with van der Waals surface area (Å²) in [6.45, 7) is 1.91. The van der Waals surface area contributed by atoms with Crippen LogP contribution in [-0.4, -0.2) is 5.78 Å². The van der Waals surface area contributed by atoms with Crippen molar-refractivity contribution in [2.75, 3.05) is 0 Å². The molecule has 0 saturated carbocycles. The Balaban J connectivity index is 2.21. The minimum absolute atomic E-state index is 0.0420. The van der Waals surface area contributed by atoms with Gasteiger partial charge in [-0.25, -0.2) is 4.39 Å². The Morgan fingerprint density at radius 1 is 1.17 bits per heavy atom. The first-order valence-electron chi connectivity index (χ1n) is 5.60. The molecule has 0 aromatic heterocycles. The molecule has 0 bridgehead atoms. The fourth-order valence-electron chi connectivity index (χ4n) is 1.78. The van der Waals surface area contributed by atoms with E-state index in [4.69, 9.17) is 0 Å². The van der Waals surface area contributed by atoms with E-state index in [0.717, 1.165) is 15.6 Å². The number of Topliss-reactive ketones (excluding diaryl/α,β-unsaturated/α-hetero) is 1. The third-order valence-electron chi connectivity index (χ3n) is 2.78. The average Bonchev–Trinajstić information content (AvgIpc) is 2.35. The Morgan fingerprint density at radius 2 is 1.83 bits per heavy atom. The van der Waals surface area contributed by atoms with E-state index in [-0.39, 0.29) is 18.0 Å². The van der Waals surface area contributed by atoms with E-state index in [1.165, 1.54) is 12.1 Å². The van der Waals surface area contributed by atoms with Crippen LogP contribution in [0.25, 0.3) is 0 Å². The lowest BCUT2D eigenvalue weighted by Gasteiger charge is -2.06. The molecule has 0 aliphatic carbocycles. The van der Waals surface area contributed by atoms with Gasteiger partial charge in [0.1, 0.15) is 5.82 Å². The Hall–Kier alpha value is -1.48. The van der Waals surface area contributed by atoms with E-state index in [1.807, 2.05) is 25.1 Å². The Kier molecular flexibility index (Phi) is 3.92. The van der Waals surface area contributed by atoms with Gasteiger partial charge < -0.3 is 0 Å². The fraction of sp³-hybridized carbons (Fsp3) is 0.133. The summed E-state index contributed by atoms with van der Waals surface area (Å²) < 4.78 is 13.7. The molecule has 2 aromatic carbocycles. The van der Waals surface area contributed by atoms with Gasteiger partial charge in [0.2, 0.25) is 0 Å². The van der Waals surface area contributed by atoms with E-state index in [0.29, 0.717) is 5.56 Å². The van der Waals surface area contributed by atoms with Gasteiger partial charge in [-0.05, 0) is 42.3 Å². The van der Waals surface area contributed by atoms with Gasteiger partial charge in [-0.3, -0.25) is 4.79 Å². The molecular weight excluding hydrogens is 295 g/mol. The van der Waals surface area contributed by atoms with Crippen molar-refractivity contribution in [3.8, 4) is 0 Å². The highest BCUT2D eigenvalue weighted by Gasteiger charge is 2.10. The van der Waals surface area contributed by atoms with Gasteiger partial charge in [-0.1, -0.05) is 34.1 Å². The van der Waals surface area contributed by atoms with Crippen LogP contribution in [-0.2, 0) is 6.42 Å². The molecule has 3 heteroatoms. The highest BCUT2D eigenvalue weighted by atomic mass is 79.9. The first-order chi connectivity index (χ1) is 8.56. The van der Waals surface area contributed by atoms with E-state index in [9.17, 15) is 9.18 Å². The van der Waals surface area contributed by atoms with Crippen LogP contribution in [0.5, 0.6) is 0 Å². The summed E-state index contributed by atoms with van der Waals surface area (Å²) in [5, 5.41) is 0. The lowest BCUT2D eigenvalue weighted by molar-refractivity contribution is 0.0992. The van der Waals surface area contributed by atoms with Crippen molar-refractivity contribution in [3.05, 3.63) is 69.4 Å². The van der Waals surface area contributed by atoms with Crippen molar-refractivity contribution >= 4 is 21.7 Å². The maximum absolute atomic E-state index is 12.8. The van der Waals surface area contributed by atoms with Crippen LogP contribution in [0.2, 0.25) is 0 Å². The van der Waals surface area contributed by atoms with Crippen molar-refractivity contribution in [1.82, 2.24) is 0 Å². The Labute approximate surface area is 114 Å². The highest BCUT2D eigenvalue weighted by Crippen LogP contribution is 2.18. The maximum atomic E-state index is 12.8. The summed E-state index contributed by atoms with van der Waals surface area (Å²) in [6, 6.07) is 11.7. The van der Waals surface area contributed by atoms with Crippen LogP contribution in [0.15, 0.2) is 46.9 Å². The lowest BCUT2D eigenvalue weighted by Crippen LogP contribution is -2.05. The number of aryl methyl sites for hydroxylation is 1. The summed E-state index contributed by atoms with van der Waals surface area (Å²) in [4.78, 5) is 12.2. The smallest absolute Gasteiger partial charge is 0.167 e.